The normalized spacial score (nSPS) is 10.4. The van der Waals surface area contributed by atoms with Crippen LogP contribution < -0.4 is 4.90 Å². The van der Waals surface area contributed by atoms with E-state index >= 15 is 0 Å². The first kappa shape index (κ1) is 15.2. The van der Waals surface area contributed by atoms with Crippen LogP contribution in [0.25, 0.3) is 0 Å². The van der Waals surface area contributed by atoms with Crippen molar-refractivity contribution in [3.05, 3.63) is 56.5 Å². The maximum Gasteiger partial charge on any atom is 0.304 e. The van der Waals surface area contributed by atoms with Crippen LogP contribution in [0.5, 0.6) is 0 Å². The summed E-state index contributed by atoms with van der Waals surface area (Å²) >= 11 is 1.16. The minimum atomic E-state index is -0.441. The third-order valence-electron chi connectivity index (χ3n) is 3.12. The second-order valence-corrected chi connectivity index (χ2v) is 5.99. The zero-order valence-corrected chi connectivity index (χ0v) is 12.9. The van der Waals surface area contributed by atoms with Gasteiger partial charge in [0.05, 0.1) is 9.80 Å². The zero-order valence-electron chi connectivity index (χ0n) is 12.1. The maximum atomic E-state index is 11.4. The van der Waals surface area contributed by atoms with Crippen molar-refractivity contribution in [2.24, 2.45) is 0 Å². The molecule has 0 saturated carbocycles. The van der Waals surface area contributed by atoms with Gasteiger partial charge < -0.3 is 4.90 Å². The summed E-state index contributed by atoms with van der Waals surface area (Å²) in [6.07, 6.45) is 0. The molecule has 0 radical (unpaired) electrons. The number of nitrogens with zero attached hydrogens (tertiary/aromatic N) is 2. The van der Waals surface area contributed by atoms with Gasteiger partial charge in [-0.2, -0.15) is 0 Å². The Morgan fingerprint density at radius 3 is 2.48 bits per heavy atom. The van der Waals surface area contributed by atoms with Crippen LogP contribution in [-0.2, 0) is 6.54 Å². The minimum Gasteiger partial charge on any atom is -0.357 e. The van der Waals surface area contributed by atoms with Crippen LogP contribution in [0.1, 0.15) is 27.7 Å². The Morgan fingerprint density at radius 1 is 1.33 bits per heavy atom. The highest BCUT2D eigenvalue weighted by molar-refractivity contribution is 7.18. The quantitative estimate of drug-likeness (QED) is 0.479. The smallest absolute Gasteiger partial charge is 0.304 e. The summed E-state index contributed by atoms with van der Waals surface area (Å²) in [6, 6.07) is 9.36. The molecule has 0 saturated heterocycles. The number of rotatable bonds is 5. The van der Waals surface area contributed by atoms with Gasteiger partial charge in [-0.05, 0) is 19.4 Å². The fourth-order valence-corrected chi connectivity index (χ4v) is 2.97. The zero-order chi connectivity index (χ0) is 15.6. The molecule has 0 aliphatic heterocycles. The summed E-state index contributed by atoms with van der Waals surface area (Å²) in [4.78, 5) is 24.3. The molecule has 2 aromatic rings. The molecule has 0 fully saturated rings. The van der Waals surface area contributed by atoms with E-state index in [-0.39, 0.29) is 11.5 Å². The van der Waals surface area contributed by atoms with Crippen LogP contribution in [0.15, 0.2) is 30.3 Å². The maximum absolute atomic E-state index is 11.4. The van der Waals surface area contributed by atoms with E-state index in [1.807, 2.05) is 31.2 Å². The standard InChI is InChI=1S/C15H16N2O3S/c1-10-4-6-12(7-5-10)9-16(3)15-13(17(19)20)8-14(21-15)11(2)18/h4-8H,9H2,1-3H3. The number of hydrogen-bond acceptors (Lipinski definition) is 5. The highest BCUT2D eigenvalue weighted by atomic mass is 32.1. The number of hydrogen-bond donors (Lipinski definition) is 0. The topological polar surface area (TPSA) is 63.4 Å². The first-order valence-electron chi connectivity index (χ1n) is 6.44. The number of carbonyl (C=O) groups is 1. The van der Waals surface area contributed by atoms with Gasteiger partial charge in [0.1, 0.15) is 0 Å². The van der Waals surface area contributed by atoms with E-state index in [1.54, 1.807) is 11.9 Å². The van der Waals surface area contributed by atoms with Crippen molar-refractivity contribution in [1.82, 2.24) is 0 Å². The van der Waals surface area contributed by atoms with E-state index in [4.69, 9.17) is 0 Å². The molecule has 0 atom stereocenters. The predicted octanol–water partition coefficient (Wildman–Crippen LogP) is 3.80. The van der Waals surface area contributed by atoms with Crippen LogP contribution >= 0.6 is 11.3 Å². The van der Waals surface area contributed by atoms with Gasteiger partial charge >= 0.3 is 5.69 Å². The highest BCUT2D eigenvalue weighted by Crippen LogP contribution is 2.37. The molecule has 6 heteroatoms. The number of anilines is 1. The van der Waals surface area contributed by atoms with Gasteiger partial charge in [-0.1, -0.05) is 29.8 Å². The molecule has 0 aliphatic rings. The fraction of sp³-hybridized carbons (Fsp3) is 0.267. The van der Waals surface area contributed by atoms with Gasteiger partial charge in [0.15, 0.2) is 10.8 Å². The summed E-state index contributed by atoms with van der Waals surface area (Å²) in [5, 5.41) is 11.6. The van der Waals surface area contributed by atoms with Gasteiger partial charge in [-0.25, -0.2) is 0 Å². The number of aryl methyl sites for hydroxylation is 1. The lowest BCUT2D eigenvalue weighted by atomic mass is 10.1. The molecule has 0 bridgehead atoms. The van der Waals surface area contributed by atoms with Gasteiger partial charge in [0.25, 0.3) is 0 Å². The molecule has 110 valence electrons. The summed E-state index contributed by atoms with van der Waals surface area (Å²) in [7, 11) is 1.79. The Bertz CT molecular complexity index is 677. The molecule has 0 amide bonds. The Kier molecular flexibility index (Phi) is 4.37. The SMILES string of the molecule is CC(=O)c1cc([N+](=O)[O-])c(N(C)Cc2ccc(C)cc2)s1. The van der Waals surface area contributed by atoms with Crippen molar-refractivity contribution in [3.63, 3.8) is 0 Å². The fourth-order valence-electron chi connectivity index (χ4n) is 1.99. The van der Waals surface area contributed by atoms with E-state index in [0.29, 0.717) is 16.4 Å². The molecule has 2 rings (SSSR count). The average Bonchev–Trinajstić information content (AvgIpc) is 2.87. The predicted molar refractivity (Wildman–Crippen MR) is 84.3 cm³/mol. The van der Waals surface area contributed by atoms with Crippen molar-refractivity contribution < 1.29 is 9.72 Å². The minimum absolute atomic E-state index is 0.0141. The van der Waals surface area contributed by atoms with Crippen molar-refractivity contribution in [3.8, 4) is 0 Å². The van der Waals surface area contributed by atoms with Crippen LogP contribution in [-0.4, -0.2) is 17.8 Å². The third-order valence-corrected chi connectivity index (χ3v) is 4.46. The monoisotopic (exact) mass is 304 g/mol. The lowest BCUT2D eigenvalue weighted by Crippen LogP contribution is -2.16. The first-order chi connectivity index (χ1) is 9.88. The lowest BCUT2D eigenvalue weighted by Gasteiger charge is -2.16. The Labute approximate surface area is 127 Å². The molecule has 0 unspecified atom stereocenters. The van der Waals surface area contributed by atoms with E-state index < -0.39 is 4.92 Å². The van der Waals surface area contributed by atoms with E-state index in [2.05, 4.69) is 0 Å². The summed E-state index contributed by atoms with van der Waals surface area (Å²) < 4.78 is 0. The van der Waals surface area contributed by atoms with E-state index in [9.17, 15) is 14.9 Å². The Morgan fingerprint density at radius 2 is 1.95 bits per heavy atom. The van der Waals surface area contributed by atoms with Gasteiger partial charge in [-0.15, -0.1) is 11.3 Å². The van der Waals surface area contributed by atoms with Crippen LogP contribution in [0.3, 0.4) is 0 Å². The number of thiophene rings is 1. The molecule has 0 N–H and O–H groups in total. The molecular weight excluding hydrogens is 288 g/mol. The largest absolute Gasteiger partial charge is 0.357 e. The Hall–Kier alpha value is -2.21. The van der Waals surface area contributed by atoms with Crippen LogP contribution in [0.2, 0.25) is 0 Å². The summed E-state index contributed by atoms with van der Waals surface area (Å²) in [5.41, 5.74) is 2.22. The second kappa shape index (κ2) is 6.05. The molecule has 1 aromatic carbocycles. The van der Waals surface area contributed by atoms with Crippen molar-refractivity contribution >= 4 is 27.8 Å². The summed E-state index contributed by atoms with van der Waals surface area (Å²) in [6.45, 7) is 3.98. The number of nitro groups is 1. The number of benzene rings is 1. The average molecular weight is 304 g/mol. The van der Waals surface area contributed by atoms with Crippen molar-refractivity contribution in [1.29, 1.82) is 0 Å². The van der Waals surface area contributed by atoms with Crippen molar-refractivity contribution in [2.75, 3.05) is 11.9 Å². The molecule has 1 aromatic heterocycles. The highest BCUT2D eigenvalue weighted by Gasteiger charge is 2.23. The molecule has 21 heavy (non-hydrogen) atoms. The molecule has 1 heterocycles. The van der Waals surface area contributed by atoms with Crippen molar-refractivity contribution in [2.45, 2.75) is 20.4 Å². The van der Waals surface area contributed by atoms with Gasteiger partial charge in [0.2, 0.25) is 0 Å². The Balaban J connectivity index is 2.29. The molecule has 0 aliphatic carbocycles. The van der Waals surface area contributed by atoms with Gasteiger partial charge in [-0.3, -0.25) is 14.9 Å². The van der Waals surface area contributed by atoms with E-state index in [0.717, 1.165) is 16.9 Å². The number of Topliss-reactive ketones (excluding diaryl/α,β-unsaturated/α-hetero) is 1. The molecule has 5 nitrogen and oxygen atoms in total. The van der Waals surface area contributed by atoms with Crippen LogP contribution in [0.4, 0.5) is 10.7 Å². The third kappa shape index (κ3) is 3.46. The van der Waals surface area contributed by atoms with Gasteiger partial charge in [0, 0.05) is 19.7 Å². The second-order valence-electron chi connectivity index (χ2n) is 4.96. The molecule has 0 spiro atoms. The van der Waals surface area contributed by atoms with E-state index in [1.165, 1.54) is 18.6 Å². The summed E-state index contributed by atoms with van der Waals surface area (Å²) in [5.74, 6) is -0.155. The molecular formula is C15H16N2O3S. The van der Waals surface area contributed by atoms with Crippen LogP contribution in [0, 0.1) is 17.0 Å². The number of ketones is 1. The lowest BCUT2D eigenvalue weighted by molar-refractivity contribution is -0.383. The first-order valence-corrected chi connectivity index (χ1v) is 7.26. The number of carbonyl (C=O) groups excluding carboxylic acids is 1.